The van der Waals surface area contributed by atoms with Crippen LogP contribution in [0.25, 0.3) is 27.6 Å². The number of para-hydroxylation sites is 4. The fraction of sp³-hybridized carbons (Fsp3) is 0.250. The average molecular weight is 469 g/mol. The fourth-order valence-electron chi connectivity index (χ4n) is 4.41. The lowest BCUT2D eigenvalue weighted by atomic mass is 9.92. The normalized spacial score (nSPS) is 11.8. The third-order valence-electron chi connectivity index (χ3n) is 6.08. The zero-order valence-electron chi connectivity index (χ0n) is 19.9. The molecular formula is C28H28N4OS. The van der Waals surface area contributed by atoms with E-state index in [0.29, 0.717) is 11.8 Å². The predicted octanol–water partition coefficient (Wildman–Crippen LogP) is 7.01. The third kappa shape index (κ3) is 4.03. The maximum atomic E-state index is 13.2. The van der Waals surface area contributed by atoms with E-state index in [1.807, 2.05) is 48.5 Å². The van der Waals surface area contributed by atoms with Crippen LogP contribution in [0.1, 0.15) is 50.7 Å². The van der Waals surface area contributed by atoms with Crippen molar-refractivity contribution in [3.05, 3.63) is 77.9 Å². The molecule has 1 amide bonds. The number of amides is 1. The average Bonchev–Trinajstić information content (AvgIpc) is 3.22. The second-order valence-electron chi connectivity index (χ2n) is 9.13. The van der Waals surface area contributed by atoms with E-state index < -0.39 is 0 Å². The zero-order chi connectivity index (χ0) is 23.8. The first-order chi connectivity index (χ1) is 16.4. The van der Waals surface area contributed by atoms with Crippen LogP contribution in [-0.4, -0.2) is 26.0 Å². The molecule has 6 heteroatoms. The summed E-state index contributed by atoms with van der Waals surface area (Å²) in [6, 6.07) is 22.3. The van der Waals surface area contributed by atoms with Crippen molar-refractivity contribution < 1.29 is 4.79 Å². The second-order valence-corrected chi connectivity index (χ2v) is 10.1. The van der Waals surface area contributed by atoms with Gasteiger partial charge in [-0.3, -0.25) is 9.20 Å². The Balaban J connectivity index is 1.50. The molecule has 172 valence electrons. The highest BCUT2D eigenvalue weighted by Gasteiger charge is 2.18. The van der Waals surface area contributed by atoms with E-state index in [1.165, 1.54) is 11.8 Å². The van der Waals surface area contributed by atoms with Crippen LogP contribution in [0, 0.1) is 0 Å². The Morgan fingerprint density at radius 2 is 1.50 bits per heavy atom. The summed E-state index contributed by atoms with van der Waals surface area (Å²) in [5, 5.41) is 4.98. The zero-order valence-corrected chi connectivity index (χ0v) is 20.7. The summed E-state index contributed by atoms with van der Waals surface area (Å²) in [5.41, 5.74) is 6.92. The molecule has 3 aromatic carbocycles. The van der Waals surface area contributed by atoms with E-state index in [-0.39, 0.29) is 11.7 Å². The van der Waals surface area contributed by atoms with Crippen LogP contribution >= 0.6 is 11.8 Å². The van der Waals surface area contributed by atoms with Gasteiger partial charge < -0.3 is 5.32 Å². The van der Waals surface area contributed by atoms with Crippen LogP contribution in [0.2, 0.25) is 0 Å². The van der Waals surface area contributed by atoms with Gasteiger partial charge in [0.1, 0.15) is 5.65 Å². The van der Waals surface area contributed by atoms with Crippen LogP contribution in [-0.2, 0) is 4.79 Å². The summed E-state index contributed by atoms with van der Waals surface area (Å²) in [5.74, 6) is 0.866. The summed E-state index contributed by atoms with van der Waals surface area (Å²) in [6.07, 6.45) is 0. The van der Waals surface area contributed by atoms with Crippen LogP contribution < -0.4 is 5.32 Å². The molecular weight excluding hydrogens is 440 g/mol. The highest BCUT2D eigenvalue weighted by atomic mass is 32.2. The Kier molecular flexibility index (Phi) is 6.00. The number of carbonyl (C=O) groups is 1. The van der Waals surface area contributed by atoms with E-state index >= 15 is 0 Å². The smallest absolute Gasteiger partial charge is 0.234 e. The minimum absolute atomic E-state index is 0.0347. The molecule has 5 aromatic rings. The Labute approximate surface area is 203 Å². The molecule has 1 N–H and O–H groups in total. The summed E-state index contributed by atoms with van der Waals surface area (Å²) >= 11 is 1.44. The van der Waals surface area contributed by atoms with Crippen LogP contribution in [0.5, 0.6) is 0 Å². The quantitative estimate of drug-likeness (QED) is 0.215. The van der Waals surface area contributed by atoms with E-state index in [9.17, 15) is 4.79 Å². The molecule has 0 aliphatic heterocycles. The number of nitrogens with zero attached hydrogens (tertiary/aromatic N) is 3. The summed E-state index contributed by atoms with van der Waals surface area (Å²) < 4.78 is 2.07. The first-order valence-corrected chi connectivity index (χ1v) is 12.6. The molecule has 0 fully saturated rings. The highest BCUT2D eigenvalue weighted by Crippen LogP contribution is 2.33. The number of thioether (sulfide) groups is 1. The molecule has 0 saturated carbocycles. The number of nitrogens with one attached hydrogen (secondary N) is 1. The van der Waals surface area contributed by atoms with Crippen molar-refractivity contribution in [3.63, 3.8) is 0 Å². The number of benzene rings is 3. The lowest BCUT2D eigenvalue weighted by Crippen LogP contribution is -2.18. The van der Waals surface area contributed by atoms with Gasteiger partial charge in [-0.05, 0) is 47.2 Å². The van der Waals surface area contributed by atoms with Gasteiger partial charge in [-0.2, -0.15) is 0 Å². The Bertz CT molecular complexity index is 1490. The van der Waals surface area contributed by atoms with E-state index in [1.54, 1.807) is 0 Å². The monoisotopic (exact) mass is 468 g/mol. The van der Waals surface area contributed by atoms with Crippen molar-refractivity contribution in [2.24, 2.45) is 0 Å². The molecule has 2 aromatic heterocycles. The predicted molar refractivity (Wildman–Crippen MR) is 142 cm³/mol. The van der Waals surface area contributed by atoms with Crippen molar-refractivity contribution in [2.45, 2.75) is 44.7 Å². The Morgan fingerprint density at radius 1 is 0.853 bits per heavy atom. The molecule has 0 radical (unpaired) electrons. The molecule has 0 unspecified atom stereocenters. The van der Waals surface area contributed by atoms with Crippen molar-refractivity contribution >= 4 is 50.9 Å². The van der Waals surface area contributed by atoms with Crippen LogP contribution in [0.3, 0.4) is 0 Å². The molecule has 0 aliphatic carbocycles. The van der Waals surface area contributed by atoms with Crippen molar-refractivity contribution in [1.29, 1.82) is 0 Å². The lowest BCUT2D eigenvalue weighted by molar-refractivity contribution is -0.113. The van der Waals surface area contributed by atoms with E-state index in [4.69, 9.17) is 9.97 Å². The fourth-order valence-corrected chi connectivity index (χ4v) is 5.22. The van der Waals surface area contributed by atoms with Gasteiger partial charge in [-0.15, -0.1) is 0 Å². The third-order valence-corrected chi connectivity index (χ3v) is 7.02. The standard InChI is InChI=1S/C28H28N4OS/c1-17(2)19-11-9-12-20(18(3)4)26(19)31-25(33)16-34-28-30-22-13-6-5-10-21(22)27-29-23-14-7-8-15-24(23)32(27)28/h5-15,17-18H,16H2,1-4H3,(H,31,33). The maximum absolute atomic E-state index is 13.2. The van der Waals surface area contributed by atoms with Gasteiger partial charge in [0.05, 0.1) is 22.3 Å². The highest BCUT2D eigenvalue weighted by molar-refractivity contribution is 7.99. The van der Waals surface area contributed by atoms with Gasteiger partial charge in [-0.1, -0.05) is 81.9 Å². The molecule has 0 bridgehead atoms. The molecule has 2 heterocycles. The summed E-state index contributed by atoms with van der Waals surface area (Å²) in [6.45, 7) is 8.63. The number of carbonyl (C=O) groups excluding carboxylic acids is 1. The first kappa shape index (κ1) is 22.4. The SMILES string of the molecule is CC(C)c1cccc(C(C)C)c1NC(=O)CSc1nc2ccccc2c2nc3ccccc3n12. The minimum Gasteiger partial charge on any atom is -0.325 e. The summed E-state index contributed by atoms with van der Waals surface area (Å²) in [7, 11) is 0. The lowest BCUT2D eigenvalue weighted by Gasteiger charge is -2.20. The first-order valence-electron chi connectivity index (χ1n) is 11.7. The van der Waals surface area contributed by atoms with Crippen molar-refractivity contribution in [1.82, 2.24) is 14.4 Å². The van der Waals surface area contributed by atoms with Crippen molar-refractivity contribution in [2.75, 3.05) is 11.1 Å². The number of hydrogen-bond acceptors (Lipinski definition) is 4. The molecule has 0 aliphatic rings. The topological polar surface area (TPSA) is 59.3 Å². The van der Waals surface area contributed by atoms with E-state index in [0.717, 1.165) is 49.6 Å². The van der Waals surface area contributed by atoms with Crippen LogP contribution in [0.15, 0.2) is 71.9 Å². The number of imidazole rings is 1. The number of rotatable bonds is 6. The molecule has 0 atom stereocenters. The largest absolute Gasteiger partial charge is 0.325 e. The second kappa shape index (κ2) is 9.11. The van der Waals surface area contributed by atoms with Gasteiger partial charge in [0, 0.05) is 11.1 Å². The molecule has 34 heavy (non-hydrogen) atoms. The number of anilines is 1. The van der Waals surface area contributed by atoms with Crippen LogP contribution in [0.4, 0.5) is 5.69 Å². The summed E-state index contributed by atoms with van der Waals surface area (Å²) in [4.78, 5) is 22.9. The van der Waals surface area contributed by atoms with Gasteiger partial charge in [-0.25, -0.2) is 9.97 Å². The Morgan fingerprint density at radius 3 is 2.21 bits per heavy atom. The van der Waals surface area contributed by atoms with Gasteiger partial charge in [0.25, 0.3) is 0 Å². The molecule has 5 nitrogen and oxygen atoms in total. The number of aromatic nitrogens is 3. The maximum Gasteiger partial charge on any atom is 0.234 e. The molecule has 0 saturated heterocycles. The van der Waals surface area contributed by atoms with Crippen molar-refractivity contribution in [3.8, 4) is 0 Å². The van der Waals surface area contributed by atoms with E-state index in [2.05, 4.69) is 55.6 Å². The number of hydrogen-bond donors (Lipinski definition) is 1. The molecule has 5 rings (SSSR count). The van der Waals surface area contributed by atoms with Gasteiger partial charge in [0.15, 0.2) is 5.16 Å². The van der Waals surface area contributed by atoms with Gasteiger partial charge >= 0.3 is 0 Å². The van der Waals surface area contributed by atoms with Gasteiger partial charge in [0.2, 0.25) is 5.91 Å². The molecule has 0 spiro atoms. The number of fused-ring (bicyclic) bond motifs is 5. The minimum atomic E-state index is -0.0347. The Hall–Kier alpha value is -3.38.